The number of carbonyl (C=O) groups is 2. The number of hydrogen-bond donors (Lipinski definition) is 0. The molecule has 0 aromatic carbocycles. The second-order valence-corrected chi connectivity index (χ2v) is 11.3. The molecule has 0 spiro atoms. The lowest BCUT2D eigenvalue weighted by molar-refractivity contribution is -0.169. The Labute approximate surface area is 171 Å². The maximum atomic E-state index is 13.6. The standard InChI is InChI=1S/C25H40O3/c1-23-13-5-6-14-24(23,2)20-16-21(26)25(3)17(8-7-9-22(27)28-4)10-11-19(25)18(20)12-15-23/h17-20H,5-16H2,1-4H3. The highest BCUT2D eigenvalue weighted by atomic mass is 16.5. The van der Waals surface area contributed by atoms with Gasteiger partial charge >= 0.3 is 5.97 Å². The van der Waals surface area contributed by atoms with E-state index in [4.69, 9.17) is 4.74 Å². The third kappa shape index (κ3) is 2.82. The molecule has 3 nitrogen and oxygen atoms in total. The molecule has 0 N–H and O–H groups in total. The van der Waals surface area contributed by atoms with E-state index in [9.17, 15) is 9.59 Å². The van der Waals surface area contributed by atoms with Crippen LogP contribution in [0.1, 0.15) is 97.8 Å². The van der Waals surface area contributed by atoms with Gasteiger partial charge in [0.15, 0.2) is 0 Å². The minimum atomic E-state index is -0.143. The molecule has 4 fully saturated rings. The molecule has 0 heterocycles. The van der Waals surface area contributed by atoms with Crippen LogP contribution in [0, 0.1) is 39.9 Å². The number of rotatable bonds is 4. The Morgan fingerprint density at radius 1 is 1.04 bits per heavy atom. The van der Waals surface area contributed by atoms with Gasteiger partial charge in [0, 0.05) is 18.3 Å². The topological polar surface area (TPSA) is 43.4 Å². The van der Waals surface area contributed by atoms with Crippen molar-refractivity contribution in [1.29, 1.82) is 0 Å². The predicted molar refractivity (Wildman–Crippen MR) is 111 cm³/mol. The van der Waals surface area contributed by atoms with Gasteiger partial charge in [0.2, 0.25) is 0 Å². The highest BCUT2D eigenvalue weighted by Gasteiger charge is 2.65. The van der Waals surface area contributed by atoms with Gasteiger partial charge in [-0.3, -0.25) is 9.59 Å². The first kappa shape index (κ1) is 20.4. The number of esters is 1. The van der Waals surface area contributed by atoms with Gasteiger partial charge in [-0.1, -0.05) is 33.6 Å². The summed E-state index contributed by atoms with van der Waals surface area (Å²) < 4.78 is 4.80. The fourth-order valence-corrected chi connectivity index (χ4v) is 8.49. The summed E-state index contributed by atoms with van der Waals surface area (Å²) in [5, 5.41) is 0. The molecule has 4 saturated carbocycles. The molecule has 0 amide bonds. The van der Waals surface area contributed by atoms with Crippen LogP contribution in [0.5, 0.6) is 0 Å². The number of Topliss-reactive ketones (excluding diaryl/α,β-unsaturated/α-hetero) is 1. The molecule has 0 aromatic heterocycles. The summed E-state index contributed by atoms with van der Waals surface area (Å²) in [4.78, 5) is 25.2. The summed E-state index contributed by atoms with van der Waals surface area (Å²) in [5.74, 6) is 2.81. The van der Waals surface area contributed by atoms with Gasteiger partial charge in [-0.15, -0.1) is 0 Å². The molecule has 0 bridgehead atoms. The van der Waals surface area contributed by atoms with E-state index in [0.717, 1.165) is 25.2 Å². The van der Waals surface area contributed by atoms with E-state index in [1.165, 1.54) is 58.5 Å². The fourth-order valence-electron chi connectivity index (χ4n) is 8.49. The number of hydrogen-bond acceptors (Lipinski definition) is 3. The second-order valence-electron chi connectivity index (χ2n) is 11.3. The van der Waals surface area contributed by atoms with E-state index < -0.39 is 0 Å². The van der Waals surface area contributed by atoms with Crippen molar-refractivity contribution < 1.29 is 14.3 Å². The van der Waals surface area contributed by atoms with Crippen LogP contribution in [0.3, 0.4) is 0 Å². The zero-order chi connectivity index (χ0) is 20.2. The first-order chi connectivity index (χ1) is 13.3. The maximum Gasteiger partial charge on any atom is 0.305 e. The van der Waals surface area contributed by atoms with Crippen molar-refractivity contribution in [2.24, 2.45) is 39.9 Å². The van der Waals surface area contributed by atoms with Crippen molar-refractivity contribution in [2.45, 2.75) is 97.8 Å². The number of carbonyl (C=O) groups excluding carboxylic acids is 2. The SMILES string of the molecule is COC(=O)CCCC1CCC2C3CCC4(C)CCCCC4(C)C3CC(=O)C12C. The molecule has 158 valence electrons. The van der Waals surface area contributed by atoms with Crippen LogP contribution in [0.4, 0.5) is 0 Å². The van der Waals surface area contributed by atoms with E-state index >= 15 is 0 Å². The van der Waals surface area contributed by atoms with Gasteiger partial charge in [-0.05, 0) is 85.9 Å². The van der Waals surface area contributed by atoms with Crippen molar-refractivity contribution in [3.05, 3.63) is 0 Å². The molecule has 0 saturated heterocycles. The van der Waals surface area contributed by atoms with Gasteiger partial charge < -0.3 is 4.74 Å². The van der Waals surface area contributed by atoms with Gasteiger partial charge in [-0.2, -0.15) is 0 Å². The van der Waals surface area contributed by atoms with E-state index in [-0.39, 0.29) is 11.4 Å². The summed E-state index contributed by atoms with van der Waals surface area (Å²) >= 11 is 0. The van der Waals surface area contributed by atoms with Gasteiger partial charge in [0.25, 0.3) is 0 Å². The van der Waals surface area contributed by atoms with E-state index in [2.05, 4.69) is 20.8 Å². The lowest BCUT2D eigenvalue weighted by Gasteiger charge is -2.64. The smallest absolute Gasteiger partial charge is 0.305 e. The third-order valence-corrected chi connectivity index (χ3v) is 10.5. The Kier molecular flexibility index (Phi) is 5.20. The molecule has 4 aliphatic carbocycles. The molecule has 0 aromatic rings. The van der Waals surface area contributed by atoms with Crippen LogP contribution in [0.25, 0.3) is 0 Å². The Morgan fingerprint density at radius 3 is 2.54 bits per heavy atom. The zero-order valence-corrected chi connectivity index (χ0v) is 18.5. The van der Waals surface area contributed by atoms with Crippen LogP contribution in [0.15, 0.2) is 0 Å². The van der Waals surface area contributed by atoms with Gasteiger partial charge in [0.05, 0.1) is 7.11 Å². The minimum Gasteiger partial charge on any atom is -0.469 e. The number of ketones is 1. The molecule has 7 atom stereocenters. The monoisotopic (exact) mass is 388 g/mol. The summed E-state index contributed by atoms with van der Waals surface area (Å²) in [6.45, 7) is 7.37. The van der Waals surface area contributed by atoms with E-state index in [1.54, 1.807) is 0 Å². The Hall–Kier alpha value is -0.860. The van der Waals surface area contributed by atoms with Crippen LogP contribution in [-0.2, 0) is 14.3 Å². The molecule has 28 heavy (non-hydrogen) atoms. The Balaban J connectivity index is 1.54. The fraction of sp³-hybridized carbons (Fsp3) is 0.920. The normalized spacial score (nSPS) is 47.8. The molecule has 4 rings (SSSR count). The van der Waals surface area contributed by atoms with Crippen LogP contribution in [-0.4, -0.2) is 18.9 Å². The van der Waals surface area contributed by atoms with Gasteiger partial charge in [-0.25, -0.2) is 0 Å². The molecule has 0 aliphatic heterocycles. The molecule has 7 unspecified atom stereocenters. The van der Waals surface area contributed by atoms with Crippen molar-refractivity contribution in [3.63, 3.8) is 0 Å². The molecule has 3 heteroatoms. The lowest BCUT2D eigenvalue weighted by atomic mass is 9.40. The largest absolute Gasteiger partial charge is 0.469 e. The van der Waals surface area contributed by atoms with E-state index in [0.29, 0.717) is 40.8 Å². The van der Waals surface area contributed by atoms with Crippen molar-refractivity contribution in [3.8, 4) is 0 Å². The number of methoxy groups -OCH3 is 1. The Morgan fingerprint density at radius 2 is 1.79 bits per heavy atom. The quantitative estimate of drug-likeness (QED) is 0.559. The maximum absolute atomic E-state index is 13.6. The number of ether oxygens (including phenoxy) is 1. The summed E-state index contributed by atoms with van der Waals surface area (Å²) in [6.07, 6.45) is 13.7. The summed E-state index contributed by atoms with van der Waals surface area (Å²) in [6, 6.07) is 0. The zero-order valence-electron chi connectivity index (χ0n) is 18.5. The van der Waals surface area contributed by atoms with Crippen molar-refractivity contribution >= 4 is 11.8 Å². The van der Waals surface area contributed by atoms with Crippen molar-refractivity contribution in [1.82, 2.24) is 0 Å². The van der Waals surface area contributed by atoms with Gasteiger partial charge in [0.1, 0.15) is 5.78 Å². The van der Waals surface area contributed by atoms with Crippen LogP contribution >= 0.6 is 0 Å². The van der Waals surface area contributed by atoms with Crippen molar-refractivity contribution in [2.75, 3.05) is 7.11 Å². The van der Waals surface area contributed by atoms with E-state index in [1.807, 2.05) is 0 Å². The molecule has 4 aliphatic rings. The predicted octanol–water partition coefficient (Wildman–Crippen LogP) is 5.95. The second kappa shape index (κ2) is 7.13. The molecular formula is C25H40O3. The highest BCUT2D eigenvalue weighted by Crippen LogP contribution is 2.70. The third-order valence-electron chi connectivity index (χ3n) is 10.5. The summed E-state index contributed by atoms with van der Waals surface area (Å²) in [7, 11) is 1.46. The average molecular weight is 389 g/mol. The molecule has 0 radical (unpaired) electrons. The van der Waals surface area contributed by atoms with Crippen LogP contribution in [0.2, 0.25) is 0 Å². The lowest BCUT2D eigenvalue weighted by Crippen LogP contribution is -2.59. The first-order valence-corrected chi connectivity index (χ1v) is 11.9. The Bertz CT molecular complexity index is 642. The molecular weight excluding hydrogens is 348 g/mol. The average Bonchev–Trinajstić information content (AvgIpc) is 3.01. The number of fused-ring (bicyclic) bond motifs is 5. The van der Waals surface area contributed by atoms with Crippen LogP contribution < -0.4 is 0 Å². The summed E-state index contributed by atoms with van der Waals surface area (Å²) in [5.41, 5.74) is 0.656. The first-order valence-electron chi connectivity index (χ1n) is 11.9. The minimum absolute atomic E-state index is 0.119. The highest BCUT2D eigenvalue weighted by molar-refractivity contribution is 5.87.